The lowest BCUT2D eigenvalue weighted by Crippen LogP contribution is -2.54. The minimum absolute atomic E-state index is 0.0862. The number of fused-ring (bicyclic) bond motifs is 1. The highest BCUT2D eigenvalue weighted by atomic mass is 19.1. The first-order valence-electron chi connectivity index (χ1n) is 11.5. The SMILES string of the molecule is CCOc1cccc(N2C(=O)NC(=O)/C(=C/c3cc4c(cc3F)N(CC)C(C)(C)C=C4C)C2=O)c1. The third-order valence-electron chi connectivity index (χ3n) is 6.20. The van der Waals surface area contributed by atoms with Gasteiger partial charge in [-0.25, -0.2) is 14.1 Å². The van der Waals surface area contributed by atoms with Crippen LogP contribution in [0.1, 0.15) is 45.7 Å². The lowest BCUT2D eigenvalue weighted by Gasteiger charge is -2.43. The predicted octanol–water partition coefficient (Wildman–Crippen LogP) is 4.91. The molecule has 7 nitrogen and oxygen atoms in total. The number of hydrogen-bond acceptors (Lipinski definition) is 5. The minimum atomic E-state index is -0.878. The fourth-order valence-electron chi connectivity index (χ4n) is 4.73. The zero-order valence-electron chi connectivity index (χ0n) is 20.4. The van der Waals surface area contributed by atoms with E-state index in [-0.39, 0.29) is 22.4 Å². The molecule has 4 rings (SSSR count). The molecule has 0 aliphatic carbocycles. The molecule has 1 fully saturated rings. The molecule has 0 radical (unpaired) electrons. The lowest BCUT2D eigenvalue weighted by atomic mass is 9.87. The van der Waals surface area contributed by atoms with Crippen molar-refractivity contribution < 1.29 is 23.5 Å². The summed E-state index contributed by atoms with van der Waals surface area (Å²) in [7, 11) is 0. The third-order valence-corrected chi connectivity index (χ3v) is 6.20. The van der Waals surface area contributed by atoms with Gasteiger partial charge in [-0.05, 0) is 70.5 Å². The second kappa shape index (κ2) is 9.02. The van der Waals surface area contributed by atoms with Crippen LogP contribution < -0.4 is 19.9 Å². The third kappa shape index (κ3) is 4.32. The molecule has 2 aromatic carbocycles. The van der Waals surface area contributed by atoms with Crippen molar-refractivity contribution in [2.24, 2.45) is 0 Å². The maximum atomic E-state index is 15.3. The standard InChI is InChI=1S/C27H28FN3O4/c1-6-30-23-14-22(28)17(11-20(23)16(3)15-27(30,4)5)12-21-24(32)29-26(34)31(25(21)33)18-9-8-10-19(13-18)35-7-2/h8-15H,6-7H2,1-5H3,(H,29,32,34)/b21-12-. The van der Waals surface area contributed by atoms with Crippen molar-refractivity contribution in [1.82, 2.24) is 5.32 Å². The van der Waals surface area contributed by atoms with Gasteiger partial charge in [0.05, 0.1) is 17.8 Å². The van der Waals surface area contributed by atoms with E-state index < -0.39 is 23.7 Å². The van der Waals surface area contributed by atoms with E-state index in [4.69, 9.17) is 4.74 Å². The molecule has 1 N–H and O–H groups in total. The van der Waals surface area contributed by atoms with Gasteiger partial charge in [0.2, 0.25) is 0 Å². The van der Waals surface area contributed by atoms with E-state index in [2.05, 4.69) is 30.1 Å². The number of ether oxygens (including phenoxy) is 1. The summed E-state index contributed by atoms with van der Waals surface area (Å²) in [5, 5.41) is 2.17. The molecule has 0 bridgehead atoms. The maximum Gasteiger partial charge on any atom is 0.335 e. The summed E-state index contributed by atoms with van der Waals surface area (Å²) < 4.78 is 20.7. The summed E-state index contributed by atoms with van der Waals surface area (Å²) in [4.78, 5) is 41.3. The van der Waals surface area contributed by atoms with Gasteiger partial charge >= 0.3 is 6.03 Å². The van der Waals surface area contributed by atoms with Crippen LogP contribution in [0.4, 0.5) is 20.6 Å². The van der Waals surface area contributed by atoms with E-state index in [1.807, 2.05) is 20.8 Å². The first-order valence-corrected chi connectivity index (χ1v) is 11.5. The Labute approximate surface area is 203 Å². The molecule has 0 saturated carbocycles. The van der Waals surface area contributed by atoms with Crippen molar-refractivity contribution in [1.29, 1.82) is 0 Å². The maximum absolute atomic E-state index is 15.3. The Kier molecular flexibility index (Phi) is 6.23. The molecular weight excluding hydrogens is 449 g/mol. The van der Waals surface area contributed by atoms with Crippen LogP contribution >= 0.6 is 0 Å². The van der Waals surface area contributed by atoms with Crippen molar-refractivity contribution in [3.05, 3.63) is 65.0 Å². The summed E-state index contributed by atoms with van der Waals surface area (Å²) in [5.74, 6) is -1.81. The Morgan fingerprint density at radius 3 is 2.54 bits per heavy atom. The number of urea groups is 1. The second-order valence-corrected chi connectivity index (χ2v) is 9.00. The highest BCUT2D eigenvalue weighted by Gasteiger charge is 2.37. The Morgan fingerprint density at radius 2 is 1.86 bits per heavy atom. The van der Waals surface area contributed by atoms with Gasteiger partial charge in [0.25, 0.3) is 11.8 Å². The first-order chi connectivity index (χ1) is 16.6. The van der Waals surface area contributed by atoms with Gasteiger partial charge in [0.1, 0.15) is 17.1 Å². The highest BCUT2D eigenvalue weighted by Crippen LogP contribution is 2.40. The van der Waals surface area contributed by atoms with Gasteiger partial charge in [0.15, 0.2) is 0 Å². The van der Waals surface area contributed by atoms with E-state index >= 15 is 4.39 Å². The number of nitrogens with one attached hydrogen (secondary N) is 1. The molecule has 35 heavy (non-hydrogen) atoms. The fourth-order valence-corrected chi connectivity index (χ4v) is 4.73. The monoisotopic (exact) mass is 477 g/mol. The van der Waals surface area contributed by atoms with E-state index in [0.29, 0.717) is 18.9 Å². The van der Waals surface area contributed by atoms with E-state index in [9.17, 15) is 14.4 Å². The van der Waals surface area contributed by atoms with Crippen LogP contribution in [0.25, 0.3) is 11.6 Å². The summed E-state index contributed by atoms with van der Waals surface area (Å²) in [6, 6.07) is 8.61. The average molecular weight is 478 g/mol. The molecule has 2 aliphatic heterocycles. The van der Waals surface area contributed by atoms with E-state index in [1.165, 1.54) is 18.2 Å². The van der Waals surface area contributed by atoms with Gasteiger partial charge < -0.3 is 9.64 Å². The second-order valence-electron chi connectivity index (χ2n) is 9.00. The number of hydrogen-bond donors (Lipinski definition) is 1. The molecule has 0 unspecified atom stereocenters. The number of barbiturate groups is 1. The van der Waals surface area contributed by atoms with Gasteiger partial charge in [0, 0.05) is 29.4 Å². The summed E-state index contributed by atoms with van der Waals surface area (Å²) in [6.45, 7) is 11.0. The van der Waals surface area contributed by atoms with Crippen LogP contribution in [-0.4, -0.2) is 36.5 Å². The van der Waals surface area contributed by atoms with E-state index in [1.54, 1.807) is 24.3 Å². The molecule has 8 heteroatoms. The Morgan fingerprint density at radius 1 is 1.11 bits per heavy atom. The first kappa shape index (κ1) is 24.2. The van der Waals surface area contributed by atoms with Crippen LogP contribution in [0.2, 0.25) is 0 Å². The minimum Gasteiger partial charge on any atom is -0.494 e. The molecule has 4 amide bonds. The summed E-state index contributed by atoms with van der Waals surface area (Å²) in [6.07, 6.45) is 3.31. The number of benzene rings is 2. The van der Waals surface area contributed by atoms with Crippen LogP contribution in [0.3, 0.4) is 0 Å². The number of imide groups is 2. The number of anilines is 2. The number of allylic oxidation sites excluding steroid dienone is 1. The van der Waals surface area contributed by atoms with Crippen LogP contribution in [0.15, 0.2) is 48.0 Å². The number of halogens is 1. The zero-order chi connectivity index (χ0) is 25.5. The number of carbonyl (C=O) groups excluding carboxylic acids is 3. The van der Waals surface area contributed by atoms with Crippen LogP contribution in [0, 0.1) is 5.82 Å². The van der Waals surface area contributed by atoms with Crippen molar-refractivity contribution in [2.45, 2.75) is 40.2 Å². The number of likely N-dealkylation sites (N-methyl/N-ethyl adjacent to an activating group) is 1. The number of rotatable bonds is 5. The smallest absolute Gasteiger partial charge is 0.335 e. The zero-order valence-corrected chi connectivity index (χ0v) is 20.4. The lowest BCUT2D eigenvalue weighted by molar-refractivity contribution is -0.122. The summed E-state index contributed by atoms with van der Waals surface area (Å²) >= 11 is 0. The fraction of sp³-hybridized carbons (Fsp3) is 0.296. The average Bonchev–Trinajstić information content (AvgIpc) is 2.77. The topological polar surface area (TPSA) is 79.0 Å². The molecule has 2 heterocycles. The van der Waals surface area contributed by atoms with Crippen LogP contribution in [0.5, 0.6) is 5.75 Å². The Hall–Kier alpha value is -3.94. The summed E-state index contributed by atoms with van der Waals surface area (Å²) in [5.41, 5.74) is 2.25. The van der Waals surface area contributed by atoms with Crippen molar-refractivity contribution >= 4 is 40.9 Å². The Balaban J connectivity index is 1.77. The molecule has 2 aliphatic rings. The number of carbonyl (C=O) groups is 3. The Bertz CT molecular complexity index is 1300. The van der Waals surface area contributed by atoms with Gasteiger partial charge in [-0.3, -0.25) is 14.9 Å². The van der Waals surface area contributed by atoms with Crippen LogP contribution in [-0.2, 0) is 9.59 Å². The quantitative estimate of drug-likeness (QED) is 0.489. The van der Waals surface area contributed by atoms with Gasteiger partial charge in [-0.1, -0.05) is 12.1 Å². The predicted molar refractivity (Wildman–Crippen MR) is 134 cm³/mol. The molecule has 2 aromatic rings. The van der Waals surface area contributed by atoms with Gasteiger partial charge in [-0.2, -0.15) is 0 Å². The number of nitrogens with zero attached hydrogens (tertiary/aromatic N) is 2. The molecule has 0 atom stereocenters. The van der Waals surface area contributed by atoms with Gasteiger partial charge in [-0.15, -0.1) is 0 Å². The molecule has 0 aromatic heterocycles. The van der Waals surface area contributed by atoms with Crippen molar-refractivity contribution in [3.63, 3.8) is 0 Å². The largest absolute Gasteiger partial charge is 0.494 e. The normalized spacial score (nSPS) is 18.4. The highest BCUT2D eigenvalue weighted by molar-refractivity contribution is 6.39. The molecular formula is C27H28FN3O4. The van der Waals surface area contributed by atoms with E-state index in [0.717, 1.165) is 21.7 Å². The van der Waals surface area contributed by atoms with Crippen molar-refractivity contribution in [3.8, 4) is 5.75 Å². The molecule has 1 saturated heterocycles. The molecule has 182 valence electrons. The number of amides is 4. The molecule has 0 spiro atoms. The van der Waals surface area contributed by atoms with Crippen molar-refractivity contribution in [2.75, 3.05) is 23.0 Å².